The van der Waals surface area contributed by atoms with Gasteiger partial charge in [-0.3, -0.25) is 14.4 Å². The molecule has 250 valence electrons. The van der Waals surface area contributed by atoms with Gasteiger partial charge in [-0.05, 0) is 99.6 Å². The zero-order valence-electron chi connectivity index (χ0n) is 25.8. The van der Waals surface area contributed by atoms with E-state index in [2.05, 4.69) is 10.1 Å². The van der Waals surface area contributed by atoms with Crippen molar-refractivity contribution < 1.29 is 46.6 Å². The molecule has 14 heteroatoms. The summed E-state index contributed by atoms with van der Waals surface area (Å²) < 4.78 is 55.7. The molecule has 0 radical (unpaired) electrons. The highest BCUT2D eigenvalue weighted by Crippen LogP contribution is 2.29. The molecule has 2 fully saturated rings. The minimum Gasteiger partial charge on any atom is -0.428 e. The lowest BCUT2D eigenvalue weighted by Gasteiger charge is -2.39. The quantitative estimate of drug-likeness (QED) is 0.260. The van der Waals surface area contributed by atoms with Gasteiger partial charge in [-0.15, -0.1) is 5.06 Å². The van der Waals surface area contributed by atoms with Crippen LogP contribution < -0.4 is 15.8 Å². The van der Waals surface area contributed by atoms with Gasteiger partial charge >= 0.3 is 12.5 Å². The summed E-state index contributed by atoms with van der Waals surface area (Å²) in [6.07, 6.45) is -4.37. The van der Waals surface area contributed by atoms with Crippen LogP contribution in [0.1, 0.15) is 70.0 Å². The lowest BCUT2D eigenvalue weighted by atomic mass is 9.87. The molecule has 3 amide bonds. The van der Waals surface area contributed by atoms with Crippen molar-refractivity contribution in [1.29, 1.82) is 0 Å². The first-order valence-electron chi connectivity index (χ1n) is 14.8. The van der Waals surface area contributed by atoms with Gasteiger partial charge in [0.1, 0.15) is 17.6 Å². The number of nitrogens with zero attached hydrogens (tertiary/aromatic N) is 2. The Morgan fingerprint density at radius 2 is 1.61 bits per heavy atom. The van der Waals surface area contributed by atoms with Crippen molar-refractivity contribution in [3.8, 4) is 5.75 Å². The first kappa shape index (κ1) is 34.7. The maximum absolute atomic E-state index is 13.3. The molecule has 0 spiro atoms. The van der Waals surface area contributed by atoms with E-state index in [1.54, 1.807) is 23.0 Å². The standard InChI is InChI=1S/C32H38F4N4O6/c1-20-17-23(27(42)39-12-8-30(3,44)9-13-39)18-21(2)25(20)7-16-45-40-14-10-31(11-15-40,29(37)43)38-26(41)22-5-4-6-24(19-22)46-32(35,36)28(33)34/h4-7,16-19,28,44H,8-15H2,1-3H3,(H2,37,43)(H,38,41)/b16-7+. The summed E-state index contributed by atoms with van der Waals surface area (Å²) in [4.78, 5) is 46.0. The van der Waals surface area contributed by atoms with E-state index in [0.29, 0.717) is 31.5 Å². The Labute approximate surface area is 264 Å². The van der Waals surface area contributed by atoms with Crippen molar-refractivity contribution in [1.82, 2.24) is 15.3 Å². The Bertz CT molecular complexity index is 1460. The largest absolute Gasteiger partial charge is 0.461 e. The number of nitrogens with two attached hydrogens (primary N) is 1. The minimum atomic E-state index is -4.75. The van der Waals surface area contributed by atoms with Gasteiger partial charge in [-0.2, -0.15) is 17.6 Å². The smallest absolute Gasteiger partial charge is 0.428 e. The van der Waals surface area contributed by atoms with Crippen molar-refractivity contribution in [3.05, 3.63) is 70.5 Å². The van der Waals surface area contributed by atoms with E-state index in [9.17, 15) is 37.1 Å². The molecule has 4 rings (SSSR count). The highest BCUT2D eigenvalue weighted by atomic mass is 19.3. The van der Waals surface area contributed by atoms with Crippen LogP contribution in [0.2, 0.25) is 0 Å². The summed E-state index contributed by atoms with van der Waals surface area (Å²) >= 11 is 0. The van der Waals surface area contributed by atoms with Gasteiger partial charge in [0.15, 0.2) is 0 Å². The van der Waals surface area contributed by atoms with E-state index in [0.717, 1.165) is 28.8 Å². The van der Waals surface area contributed by atoms with E-state index in [-0.39, 0.29) is 37.4 Å². The van der Waals surface area contributed by atoms with Gasteiger partial charge in [-0.25, -0.2) is 0 Å². The number of hydrogen-bond acceptors (Lipinski definition) is 7. The summed E-state index contributed by atoms with van der Waals surface area (Å²) in [5.41, 5.74) is 6.42. The van der Waals surface area contributed by atoms with Gasteiger partial charge in [0.2, 0.25) is 5.91 Å². The molecular weight excluding hydrogens is 612 g/mol. The number of primary amides is 1. The maximum Gasteiger partial charge on any atom is 0.461 e. The molecule has 46 heavy (non-hydrogen) atoms. The minimum absolute atomic E-state index is 0.0718. The number of nitrogens with one attached hydrogen (secondary N) is 1. The molecule has 0 unspecified atom stereocenters. The van der Waals surface area contributed by atoms with Crippen molar-refractivity contribution in [2.45, 2.75) is 70.1 Å². The number of aryl methyl sites for hydroxylation is 2. The molecule has 2 saturated heterocycles. The van der Waals surface area contributed by atoms with Crippen molar-refractivity contribution in [2.24, 2.45) is 5.73 Å². The molecule has 2 aliphatic rings. The van der Waals surface area contributed by atoms with E-state index in [1.807, 2.05) is 26.0 Å². The number of carbonyl (C=O) groups excluding carboxylic acids is 3. The molecule has 4 N–H and O–H groups in total. The number of piperidine rings is 2. The number of likely N-dealkylation sites (tertiary alicyclic amines) is 1. The molecule has 0 aromatic heterocycles. The number of hydrogen-bond donors (Lipinski definition) is 3. The van der Waals surface area contributed by atoms with E-state index < -0.39 is 41.2 Å². The number of rotatable bonds is 10. The third-order valence-electron chi connectivity index (χ3n) is 8.42. The fraction of sp³-hybridized carbons (Fsp3) is 0.469. The monoisotopic (exact) mass is 650 g/mol. The van der Waals surface area contributed by atoms with Crippen LogP contribution in [-0.2, 0) is 9.63 Å². The summed E-state index contributed by atoms with van der Waals surface area (Å²) in [7, 11) is 0. The molecular formula is C32H38F4N4O6. The van der Waals surface area contributed by atoms with Crippen molar-refractivity contribution >= 4 is 23.8 Å². The molecule has 2 heterocycles. The number of benzene rings is 2. The van der Waals surface area contributed by atoms with Crippen LogP contribution in [0.3, 0.4) is 0 Å². The third-order valence-corrected chi connectivity index (χ3v) is 8.42. The average Bonchev–Trinajstić information content (AvgIpc) is 2.98. The van der Waals surface area contributed by atoms with Crippen LogP contribution >= 0.6 is 0 Å². The highest BCUT2D eigenvalue weighted by molar-refractivity contribution is 5.99. The summed E-state index contributed by atoms with van der Waals surface area (Å²) in [5.74, 6) is -2.35. The lowest BCUT2D eigenvalue weighted by Crippen LogP contribution is -2.62. The van der Waals surface area contributed by atoms with Gasteiger partial charge in [-0.1, -0.05) is 6.07 Å². The number of ether oxygens (including phenoxy) is 1. The first-order chi connectivity index (χ1) is 21.5. The number of alkyl halides is 4. The topological polar surface area (TPSA) is 134 Å². The summed E-state index contributed by atoms with van der Waals surface area (Å²) in [6.45, 7) is 6.94. The molecule has 10 nitrogen and oxygen atoms in total. The zero-order valence-corrected chi connectivity index (χ0v) is 25.8. The summed E-state index contributed by atoms with van der Waals surface area (Å²) in [5, 5.41) is 14.3. The van der Waals surface area contributed by atoms with Crippen LogP contribution in [-0.4, -0.2) is 82.6 Å². The lowest BCUT2D eigenvalue weighted by molar-refractivity contribution is -0.253. The SMILES string of the molecule is Cc1cc(C(=O)N2CCC(C)(O)CC2)cc(C)c1/C=C/ON1CCC(NC(=O)c2cccc(OC(F)(F)C(F)F)c2)(C(N)=O)CC1. The second-order valence-corrected chi connectivity index (χ2v) is 12.0. The van der Waals surface area contributed by atoms with Crippen LogP contribution in [0.25, 0.3) is 6.08 Å². The fourth-order valence-electron chi connectivity index (χ4n) is 5.52. The van der Waals surface area contributed by atoms with E-state index in [1.165, 1.54) is 18.4 Å². The molecule has 2 aromatic rings. The second-order valence-electron chi connectivity index (χ2n) is 12.0. The highest BCUT2D eigenvalue weighted by Gasteiger charge is 2.44. The third kappa shape index (κ3) is 8.15. The fourth-order valence-corrected chi connectivity index (χ4v) is 5.52. The van der Waals surface area contributed by atoms with Crippen LogP contribution in [0.5, 0.6) is 5.75 Å². The van der Waals surface area contributed by atoms with Gasteiger partial charge < -0.3 is 30.6 Å². The van der Waals surface area contributed by atoms with E-state index in [4.69, 9.17) is 10.6 Å². The van der Waals surface area contributed by atoms with E-state index >= 15 is 0 Å². The molecule has 0 bridgehead atoms. The van der Waals surface area contributed by atoms with Crippen LogP contribution in [0, 0.1) is 13.8 Å². The predicted octanol–water partition coefficient (Wildman–Crippen LogP) is 4.18. The number of amides is 3. The normalized spacial score (nSPS) is 18.4. The Morgan fingerprint density at radius 3 is 2.17 bits per heavy atom. The Balaban J connectivity index is 1.34. The van der Waals surface area contributed by atoms with Gasteiger partial charge in [0.05, 0.1) is 5.60 Å². The molecule has 2 aliphatic heterocycles. The summed E-state index contributed by atoms with van der Waals surface area (Å²) in [6, 6.07) is 7.94. The van der Waals surface area contributed by atoms with Gasteiger partial charge in [0, 0.05) is 37.3 Å². The molecule has 0 atom stereocenters. The maximum atomic E-state index is 13.3. The first-order valence-corrected chi connectivity index (χ1v) is 14.8. The number of hydroxylamine groups is 2. The zero-order chi connectivity index (χ0) is 33.9. The number of halogens is 4. The number of aliphatic hydroxyl groups is 1. The van der Waals surface area contributed by atoms with Crippen molar-refractivity contribution in [2.75, 3.05) is 26.2 Å². The number of carbonyl (C=O) groups is 3. The Kier molecular flexibility index (Phi) is 10.3. The molecule has 0 aliphatic carbocycles. The molecule has 2 aromatic carbocycles. The average molecular weight is 651 g/mol. The Morgan fingerprint density at radius 1 is 1.00 bits per heavy atom. The predicted molar refractivity (Wildman–Crippen MR) is 160 cm³/mol. The Hall–Kier alpha value is -4.17. The molecule has 0 saturated carbocycles. The second kappa shape index (κ2) is 13.7. The van der Waals surface area contributed by atoms with Gasteiger partial charge in [0.25, 0.3) is 11.8 Å². The van der Waals surface area contributed by atoms with Crippen LogP contribution in [0.4, 0.5) is 17.6 Å². The van der Waals surface area contributed by atoms with Crippen LogP contribution in [0.15, 0.2) is 42.7 Å². The van der Waals surface area contributed by atoms with Crippen molar-refractivity contribution in [3.63, 3.8) is 0 Å².